The topological polar surface area (TPSA) is 64.0 Å². The molecule has 1 N–H and O–H groups in total. The molecule has 1 rings (SSSR count). The number of rotatable bonds is 6. The number of sulfone groups is 1. The first-order chi connectivity index (χ1) is 7.84. The molecule has 0 bridgehead atoms. The van der Waals surface area contributed by atoms with Crippen molar-refractivity contribution in [3.63, 3.8) is 0 Å². The van der Waals surface area contributed by atoms with Crippen LogP contribution in [0.25, 0.3) is 0 Å². The van der Waals surface area contributed by atoms with Crippen LogP contribution in [0.4, 0.5) is 0 Å². The third-order valence-corrected chi connectivity index (χ3v) is 4.59. The summed E-state index contributed by atoms with van der Waals surface area (Å²) < 4.78 is 24.9. The lowest BCUT2D eigenvalue weighted by Crippen LogP contribution is -2.43. The van der Waals surface area contributed by atoms with Gasteiger partial charge in [0.15, 0.2) is 9.84 Å². The van der Waals surface area contributed by atoms with Gasteiger partial charge < -0.3 is 5.32 Å². The number of aryl methyl sites for hydroxylation is 1. The maximum Gasteiger partial charge on any atom is 0.151 e. The number of nitrogens with one attached hydrogen (secondary N) is 1. The monoisotopic (exact) mass is 259 g/mol. The molecular formula is C11H21N3O2S. The van der Waals surface area contributed by atoms with Crippen molar-refractivity contribution in [3.8, 4) is 0 Å². The Morgan fingerprint density at radius 1 is 1.53 bits per heavy atom. The smallest absolute Gasteiger partial charge is 0.151 e. The third-order valence-electron chi connectivity index (χ3n) is 2.91. The molecule has 6 heteroatoms. The summed E-state index contributed by atoms with van der Waals surface area (Å²) in [4.78, 5) is 0. The molecule has 98 valence electrons. The molecule has 1 aromatic rings. The number of aromatic nitrogens is 2. The van der Waals surface area contributed by atoms with E-state index in [0.717, 1.165) is 12.2 Å². The van der Waals surface area contributed by atoms with E-state index in [1.807, 2.05) is 26.2 Å². The van der Waals surface area contributed by atoms with Crippen LogP contribution in [0.3, 0.4) is 0 Å². The zero-order valence-corrected chi connectivity index (χ0v) is 11.7. The quantitative estimate of drug-likeness (QED) is 0.802. The molecule has 0 fully saturated rings. The van der Waals surface area contributed by atoms with Crippen LogP contribution in [0.1, 0.15) is 19.5 Å². The maximum atomic E-state index is 11.6. The first kappa shape index (κ1) is 14.2. The van der Waals surface area contributed by atoms with Crippen LogP contribution in [0.5, 0.6) is 0 Å². The van der Waals surface area contributed by atoms with Gasteiger partial charge in [-0.15, -0.1) is 0 Å². The van der Waals surface area contributed by atoms with Crippen LogP contribution in [0.2, 0.25) is 0 Å². The standard InChI is InChI=1S/C11H21N3O2S/c1-5-12-11(9(2)17(4,15)16)8-10-6-7-14(3)13-10/h6-7,9,11-12H,5,8H2,1-4H3. The molecule has 0 spiro atoms. The second-order valence-corrected chi connectivity index (χ2v) is 6.79. The Labute approximate surface area is 103 Å². The molecule has 2 atom stereocenters. The molecule has 0 amide bonds. The van der Waals surface area contributed by atoms with E-state index in [2.05, 4.69) is 10.4 Å². The molecule has 0 saturated heterocycles. The van der Waals surface area contributed by atoms with Gasteiger partial charge in [-0.25, -0.2) is 8.42 Å². The number of hydrogen-bond donors (Lipinski definition) is 1. The van der Waals surface area contributed by atoms with Gasteiger partial charge in [-0.3, -0.25) is 4.68 Å². The number of likely N-dealkylation sites (N-methyl/N-ethyl adjacent to an activating group) is 1. The molecule has 2 unspecified atom stereocenters. The van der Waals surface area contributed by atoms with E-state index in [1.54, 1.807) is 11.6 Å². The molecule has 0 aliphatic carbocycles. The summed E-state index contributed by atoms with van der Waals surface area (Å²) in [5.41, 5.74) is 0.911. The molecule has 0 aliphatic heterocycles. The minimum Gasteiger partial charge on any atom is -0.313 e. The molecule has 17 heavy (non-hydrogen) atoms. The molecule has 0 saturated carbocycles. The van der Waals surface area contributed by atoms with E-state index in [9.17, 15) is 8.42 Å². The second-order valence-electron chi connectivity index (χ2n) is 4.38. The van der Waals surface area contributed by atoms with Crippen LogP contribution in [-0.4, -0.2) is 42.3 Å². The van der Waals surface area contributed by atoms with Gasteiger partial charge in [0.1, 0.15) is 0 Å². The van der Waals surface area contributed by atoms with E-state index in [0.29, 0.717) is 6.42 Å². The van der Waals surface area contributed by atoms with Crippen molar-refractivity contribution in [2.75, 3.05) is 12.8 Å². The predicted octanol–water partition coefficient (Wildman–Crippen LogP) is 0.374. The Kier molecular flexibility index (Phi) is 4.70. The van der Waals surface area contributed by atoms with Gasteiger partial charge >= 0.3 is 0 Å². The van der Waals surface area contributed by atoms with Crippen LogP contribution in [-0.2, 0) is 23.3 Å². The van der Waals surface area contributed by atoms with Crippen molar-refractivity contribution >= 4 is 9.84 Å². The summed E-state index contributed by atoms with van der Waals surface area (Å²) in [5.74, 6) is 0. The summed E-state index contributed by atoms with van der Waals surface area (Å²) in [5, 5.41) is 7.08. The molecule has 0 aromatic carbocycles. The maximum absolute atomic E-state index is 11.6. The van der Waals surface area contributed by atoms with Crippen LogP contribution >= 0.6 is 0 Å². The lowest BCUT2D eigenvalue weighted by molar-refractivity contribution is 0.488. The van der Waals surface area contributed by atoms with E-state index in [1.165, 1.54) is 6.26 Å². The van der Waals surface area contributed by atoms with Crippen LogP contribution in [0, 0.1) is 0 Å². The fourth-order valence-corrected chi connectivity index (χ4v) is 2.55. The summed E-state index contributed by atoms with van der Waals surface area (Å²) in [7, 11) is -1.18. The highest BCUT2D eigenvalue weighted by molar-refractivity contribution is 7.91. The minimum atomic E-state index is -3.03. The lowest BCUT2D eigenvalue weighted by atomic mass is 10.1. The second kappa shape index (κ2) is 5.64. The van der Waals surface area contributed by atoms with Crippen molar-refractivity contribution in [3.05, 3.63) is 18.0 Å². The van der Waals surface area contributed by atoms with Gasteiger partial charge in [0, 0.05) is 32.0 Å². The summed E-state index contributed by atoms with van der Waals surface area (Å²) in [6.45, 7) is 4.46. The van der Waals surface area contributed by atoms with Gasteiger partial charge in [-0.1, -0.05) is 6.92 Å². The largest absolute Gasteiger partial charge is 0.313 e. The lowest BCUT2D eigenvalue weighted by Gasteiger charge is -2.22. The van der Waals surface area contributed by atoms with Crippen molar-refractivity contribution in [2.24, 2.45) is 7.05 Å². The van der Waals surface area contributed by atoms with Crippen molar-refractivity contribution < 1.29 is 8.42 Å². The Hall–Kier alpha value is -0.880. The molecule has 1 aromatic heterocycles. The van der Waals surface area contributed by atoms with E-state index < -0.39 is 15.1 Å². The highest BCUT2D eigenvalue weighted by Gasteiger charge is 2.25. The average Bonchev–Trinajstić information content (AvgIpc) is 2.61. The fourth-order valence-electron chi connectivity index (χ4n) is 1.76. The first-order valence-electron chi connectivity index (χ1n) is 5.75. The Morgan fingerprint density at radius 3 is 2.59 bits per heavy atom. The SMILES string of the molecule is CCNC(Cc1ccn(C)n1)C(C)S(C)(=O)=O. The van der Waals surface area contributed by atoms with E-state index >= 15 is 0 Å². The minimum absolute atomic E-state index is 0.0927. The van der Waals surface area contributed by atoms with Crippen LogP contribution in [0.15, 0.2) is 12.3 Å². The van der Waals surface area contributed by atoms with E-state index in [-0.39, 0.29) is 6.04 Å². The normalized spacial score (nSPS) is 15.8. The molecule has 5 nitrogen and oxygen atoms in total. The average molecular weight is 259 g/mol. The highest BCUT2D eigenvalue weighted by atomic mass is 32.2. The Morgan fingerprint density at radius 2 is 2.18 bits per heavy atom. The van der Waals surface area contributed by atoms with Crippen molar-refractivity contribution in [2.45, 2.75) is 31.6 Å². The van der Waals surface area contributed by atoms with Gasteiger partial charge in [0.2, 0.25) is 0 Å². The van der Waals surface area contributed by atoms with Gasteiger partial charge in [0.25, 0.3) is 0 Å². The molecular weight excluding hydrogens is 238 g/mol. The van der Waals surface area contributed by atoms with Crippen LogP contribution < -0.4 is 5.32 Å². The summed E-state index contributed by atoms with van der Waals surface area (Å²) in [6.07, 6.45) is 3.77. The zero-order chi connectivity index (χ0) is 13.1. The number of nitrogens with zero attached hydrogens (tertiary/aromatic N) is 2. The Bertz CT molecular complexity index is 453. The molecule has 0 radical (unpaired) electrons. The summed E-state index contributed by atoms with van der Waals surface area (Å²) in [6, 6.07) is 1.82. The Balaban J connectivity index is 2.79. The molecule has 0 aliphatic rings. The molecule has 1 heterocycles. The number of hydrogen-bond acceptors (Lipinski definition) is 4. The van der Waals surface area contributed by atoms with Gasteiger partial charge in [0.05, 0.1) is 10.9 Å². The van der Waals surface area contributed by atoms with E-state index in [4.69, 9.17) is 0 Å². The van der Waals surface area contributed by atoms with Crippen molar-refractivity contribution in [1.82, 2.24) is 15.1 Å². The van der Waals surface area contributed by atoms with Gasteiger partial charge in [-0.05, 0) is 19.5 Å². The summed E-state index contributed by atoms with van der Waals surface area (Å²) >= 11 is 0. The highest BCUT2D eigenvalue weighted by Crippen LogP contribution is 2.10. The predicted molar refractivity (Wildman–Crippen MR) is 68.7 cm³/mol. The first-order valence-corrected chi connectivity index (χ1v) is 7.70. The van der Waals surface area contributed by atoms with Gasteiger partial charge in [-0.2, -0.15) is 5.10 Å². The third kappa shape index (κ3) is 4.12. The zero-order valence-electron chi connectivity index (χ0n) is 10.8. The fraction of sp³-hybridized carbons (Fsp3) is 0.727. The van der Waals surface area contributed by atoms with Crippen molar-refractivity contribution in [1.29, 1.82) is 0 Å².